The molecule has 29 heavy (non-hydrogen) atoms. The number of anilines is 1. The van der Waals surface area contributed by atoms with Crippen LogP contribution in [-0.4, -0.2) is 42.7 Å². The first-order chi connectivity index (χ1) is 14.1. The molecule has 4 aliphatic rings. The van der Waals surface area contributed by atoms with Crippen molar-refractivity contribution in [1.82, 2.24) is 0 Å². The van der Waals surface area contributed by atoms with Gasteiger partial charge < -0.3 is 14.4 Å². The van der Waals surface area contributed by atoms with E-state index in [4.69, 9.17) is 21.1 Å². The first kappa shape index (κ1) is 17.4. The molecule has 0 aliphatic carbocycles. The van der Waals surface area contributed by atoms with Crippen molar-refractivity contribution in [3.05, 3.63) is 70.8 Å². The quantitative estimate of drug-likeness (QED) is 0.714. The molecule has 0 spiro atoms. The fraction of sp³-hybridized carbons (Fsp3) is 0.304. The average Bonchev–Trinajstić information content (AvgIpc) is 3.33. The molecule has 0 aromatic heterocycles. The minimum atomic E-state index is -0.811. The van der Waals surface area contributed by atoms with Gasteiger partial charge in [0.25, 0.3) is 0 Å². The van der Waals surface area contributed by atoms with E-state index in [1.54, 1.807) is 0 Å². The summed E-state index contributed by atoms with van der Waals surface area (Å²) in [7, 11) is 0. The van der Waals surface area contributed by atoms with Crippen molar-refractivity contribution in [3.63, 3.8) is 0 Å². The minimum Gasteiger partial charge on any atom is -0.353 e. The van der Waals surface area contributed by atoms with Crippen LogP contribution in [0.15, 0.2) is 54.6 Å². The molecule has 0 radical (unpaired) electrons. The lowest BCUT2D eigenvalue weighted by molar-refractivity contribution is -0.163. The normalized spacial score (nSPS) is 34.0. The summed E-state index contributed by atoms with van der Waals surface area (Å²) in [6.45, 7) is 0.341. The van der Waals surface area contributed by atoms with E-state index in [1.165, 1.54) is 0 Å². The van der Waals surface area contributed by atoms with Crippen LogP contribution >= 0.6 is 11.6 Å². The van der Waals surface area contributed by atoms with Crippen molar-refractivity contribution in [2.45, 2.75) is 24.5 Å². The van der Waals surface area contributed by atoms with Gasteiger partial charge in [-0.2, -0.15) is 0 Å². The van der Waals surface area contributed by atoms with Crippen LogP contribution in [0.1, 0.15) is 15.9 Å². The van der Waals surface area contributed by atoms with Crippen LogP contribution in [0.2, 0.25) is 5.02 Å². The molecule has 6 rings (SSSR count). The maximum absolute atomic E-state index is 13.7. The van der Waals surface area contributed by atoms with E-state index >= 15 is 0 Å². The molecule has 6 atom stereocenters. The van der Waals surface area contributed by atoms with Crippen LogP contribution < -0.4 is 4.90 Å². The molecule has 0 saturated carbocycles. The lowest BCUT2D eigenvalue weighted by Gasteiger charge is -2.35. The summed E-state index contributed by atoms with van der Waals surface area (Å²) in [5, 5.41) is 0.640. The van der Waals surface area contributed by atoms with E-state index in [1.807, 2.05) is 60.7 Å². The summed E-state index contributed by atoms with van der Waals surface area (Å²) in [4.78, 5) is 29.0. The van der Waals surface area contributed by atoms with Crippen molar-refractivity contribution >= 4 is 34.9 Å². The van der Waals surface area contributed by atoms with Gasteiger partial charge in [-0.25, -0.2) is 0 Å². The summed E-state index contributed by atoms with van der Waals surface area (Å²) < 4.78 is 11.4. The average molecular weight is 408 g/mol. The molecule has 4 aliphatic heterocycles. The molecule has 2 aromatic carbocycles. The van der Waals surface area contributed by atoms with E-state index < -0.39 is 12.3 Å². The highest BCUT2D eigenvalue weighted by atomic mass is 35.5. The van der Waals surface area contributed by atoms with E-state index in [9.17, 15) is 9.59 Å². The molecule has 0 N–H and O–H groups in total. The third kappa shape index (κ3) is 2.41. The van der Waals surface area contributed by atoms with E-state index in [0.717, 1.165) is 11.3 Å². The Balaban J connectivity index is 1.53. The van der Waals surface area contributed by atoms with Gasteiger partial charge in [-0.15, -0.1) is 0 Å². The van der Waals surface area contributed by atoms with Crippen LogP contribution in [0.25, 0.3) is 6.08 Å². The van der Waals surface area contributed by atoms with Gasteiger partial charge in [0.05, 0.1) is 30.7 Å². The molecular weight excluding hydrogens is 390 g/mol. The monoisotopic (exact) mass is 407 g/mol. The number of carbonyl (C=O) groups excluding carboxylic acids is 2. The molecule has 0 amide bonds. The number of ketones is 2. The Morgan fingerprint density at radius 1 is 1.14 bits per heavy atom. The second-order valence-electron chi connectivity index (χ2n) is 7.98. The summed E-state index contributed by atoms with van der Waals surface area (Å²) >= 11 is 6.20. The molecule has 6 heteroatoms. The van der Waals surface area contributed by atoms with Gasteiger partial charge in [0.1, 0.15) is 0 Å². The van der Waals surface area contributed by atoms with Gasteiger partial charge in [-0.05, 0) is 23.8 Å². The van der Waals surface area contributed by atoms with Crippen molar-refractivity contribution in [2.75, 3.05) is 11.5 Å². The maximum Gasteiger partial charge on any atom is 0.218 e. The first-order valence-electron chi connectivity index (χ1n) is 9.79. The Bertz CT molecular complexity index is 1050. The highest BCUT2D eigenvalue weighted by Crippen LogP contribution is 2.51. The lowest BCUT2D eigenvalue weighted by Crippen LogP contribution is -2.48. The number of nitrogens with zero attached hydrogens (tertiary/aromatic N) is 1. The molecule has 5 nitrogen and oxygen atoms in total. The second-order valence-corrected chi connectivity index (χ2v) is 8.42. The Morgan fingerprint density at radius 2 is 1.97 bits per heavy atom. The largest absolute Gasteiger partial charge is 0.353 e. The van der Waals surface area contributed by atoms with Crippen LogP contribution in [0.3, 0.4) is 0 Å². The maximum atomic E-state index is 13.7. The molecule has 2 bridgehead atoms. The minimum absolute atomic E-state index is 0.000972. The van der Waals surface area contributed by atoms with Crippen LogP contribution in [0.4, 0.5) is 5.69 Å². The zero-order valence-corrected chi connectivity index (χ0v) is 16.2. The zero-order chi connectivity index (χ0) is 19.7. The number of rotatable bonds is 2. The van der Waals surface area contributed by atoms with E-state index in [2.05, 4.69) is 4.90 Å². The second kappa shape index (κ2) is 6.26. The number of Topliss-reactive ketones (excluding diaryl/α,β-unsaturated/α-hetero) is 2. The highest BCUT2D eigenvalue weighted by Gasteiger charge is 2.63. The summed E-state index contributed by atoms with van der Waals surface area (Å²) in [5.41, 5.74) is 2.51. The van der Waals surface area contributed by atoms with Gasteiger partial charge >= 0.3 is 0 Å². The van der Waals surface area contributed by atoms with E-state index in [0.29, 0.717) is 17.2 Å². The SMILES string of the molecule is O=C1[C@H]2OC[C@H](O2)[C@H]2[C@H]1[C@H]1C=Cc3cc(Cl)ccc3N1[C@@H]2C(=O)c1ccccc1. The third-order valence-corrected chi connectivity index (χ3v) is 6.77. The highest BCUT2D eigenvalue weighted by molar-refractivity contribution is 6.30. The molecular formula is C23H18ClNO4. The lowest BCUT2D eigenvalue weighted by atomic mass is 9.77. The van der Waals surface area contributed by atoms with E-state index in [-0.39, 0.29) is 35.5 Å². The van der Waals surface area contributed by atoms with Crippen LogP contribution in [0.5, 0.6) is 0 Å². The first-order valence-corrected chi connectivity index (χ1v) is 10.2. The predicted octanol–water partition coefficient (Wildman–Crippen LogP) is 3.36. The number of halogens is 1. The van der Waals surface area contributed by atoms with Crippen molar-refractivity contribution < 1.29 is 19.1 Å². The molecule has 3 fully saturated rings. The predicted molar refractivity (Wildman–Crippen MR) is 108 cm³/mol. The summed E-state index contributed by atoms with van der Waals surface area (Å²) in [6.07, 6.45) is 2.95. The molecule has 2 aromatic rings. The molecule has 146 valence electrons. The topological polar surface area (TPSA) is 55.8 Å². The molecule has 4 heterocycles. The van der Waals surface area contributed by atoms with Crippen LogP contribution in [-0.2, 0) is 14.3 Å². The van der Waals surface area contributed by atoms with Crippen LogP contribution in [0, 0.1) is 11.8 Å². The van der Waals surface area contributed by atoms with Gasteiger partial charge in [-0.3, -0.25) is 9.59 Å². The number of ether oxygens (including phenoxy) is 2. The van der Waals surface area contributed by atoms with Gasteiger partial charge in [-0.1, -0.05) is 54.1 Å². The Labute approximate surface area is 172 Å². The Hall–Kier alpha value is -2.47. The fourth-order valence-electron chi connectivity index (χ4n) is 5.38. The Morgan fingerprint density at radius 3 is 2.79 bits per heavy atom. The zero-order valence-electron chi connectivity index (χ0n) is 15.4. The van der Waals surface area contributed by atoms with Crippen molar-refractivity contribution in [3.8, 4) is 0 Å². The number of fused-ring (bicyclic) bond motifs is 8. The van der Waals surface area contributed by atoms with Crippen molar-refractivity contribution in [2.24, 2.45) is 11.8 Å². The van der Waals surface area contributed by atoms with Crippen molar-refractivity contribution in [1.29, 1.82) is 0 Å². The number of carbonyl (C=O) groups is 2. The Kier molecular flexibility index (Phi) is 3.76. The summed E-state index contributed by atoms with van der Waals surface area (Å²) in [5.74, 6) is -0.658. The standard InChI is InChI=1S/C23H18ClNO4/c24-14-7-9-15-13(10-14)6-8-16-18-19(17-11-28-23(29-17)22(18)27)20(25(15)16)21(26)12-4-2-1-3-5-12/h1-10,16-20,23H,11H2/t16-,17+,18-,19+,20+,23+/m1/s1. The number of benzene rings is 2. The summed E-state index contributed by atoms with van der Waals surface area (Å²) in [6, 6.07) is 14.2. The third-order valence-electron chi connectivity index (χ3n) is 6.54. The molecule has 3 saturated heterocycles. The fourth-order valence-corrected chi connectivity index (χ4v) is 5.56. The van der Waals surface area contributed by atoms with Gasteiger partial charge in [0, 0.05) is 22.2 Å². The number of hydrogen-bond acceptors (Lipinski definition) is 5. The molecule has 0 unspecified atom stereocenters. The van der Waals surface area contributed by atoms with Gasteiger partial charge in [0.2, 0.25) is 6.29 Å². The van der Waals surface area contributed by atoms with Gasteiger partial charge in [0.15, 0.2) is 11.6 Å². The number of hydrogen-bond donors (Lipinski definition) is 0. The smallest absolute Gasteiger partial charge is 0.218 e.